The lowest BCUT2D eigenvalue weighted by Gasteiger charge is -2.34. The highest BCUT2D eigenvalue weighted by Crippen LogP contribution is 2.46. The Hall–Kier alpha value is -0.300. The van der Waals surface area contributed by atoms with Gasteiger partial charge in [0.25, 0.3) is 0 Å². The van der Waals surface area contributed by atoms with Crippen molar-refractivity contribution >= 4 is 0 Å². The molecule has 2 aliphatic carbocycles. The summed E-state index contributed by atoms with van der Waals surface area (Å²) in [5.74, 6) is 1.73. The number of hydrogen-bond donors (Lipinski definition) is 1. The van der Waals surface area contributed by atoms with Gasteiger partial charge in [-0.3, -0.25) is 0 Å². The summed E-state index contributed by atoms with van der Waals surface area (Å²) in [4.78, 5) is 0. The minimum Gasteiger partial charge on any atom is -0.330 e. The molecule has 0 spiro atoms. The molecular formula is C8H13N. The molecule has 9 heavy (non-hydrogen) atoms. The summed E-state index contributed by atoms with van der Waals surface area (Å²) in [6.07, 6.45) is 6.50. The van der Waals surface area contributed by atoms with E-state index in [9.17, 15) is 0 Å². The lowest BCUT2D eigenvalue weighted by atomic mass is 9.71. The lowest BCUT2D eigenvalue weighted by Crippen LogP contribution is -2.30. The second-order valence-corrected chi connectivity index (χ2v) is 3.15. The van der Waals surface area contributed by atoms with Gasteiger partial charge in [-0.2, -0.15) is 0 Å². The van der Waals surface area contributed by atoms with Gasteiger partial charge in [-0.15, -0.1) is 0 Å². The van der Waals surface area contributed by atoms with Crippen LogP contribution in [0, 0.1) is 11.8 Å². The molecule has 0 amide bonds. The largest absolute Gasteiger partial charge is 0.330 e. The molecule has 2 atom stereocenters. The summed E-state index contributed by atoms with van der Waals surface area (Å²) >= 11 is 0. The summed E-state index contributed by atoms with van der Waals surface area (Å²) in [6.45, 7) is 0.877. The van der Waals surface area contributed by atoms with Crippen molar-refractivity contribution in [2.24, 2.45) is 17.6 Å². The summed E-state index contributed by atoms with van der Waals surface area (Å²) < 4.78 is 0. The van der Waals surface area contributed by atoms with Crippen molar-refractivity contribution in [1.29, 1.82) is 0 Å². The molecule has 0 heterocycles. The van der Waals surface area contributed by atoms with Crippen molar-refractivity contribution in [3.05, 3.63) is 11.6 Å². The number of rotatable bonds is 1. The molecule has 0 bridgehead atoms. The minimum atomic E-state index is 0.775. The molecule has 0 aromatic heterocycles. The van der Waals surface area contributed by atoms with Gasteiger partial charge in [0.1, 0.15) is 0 Å². The van der Waals surface area contributed by atoms with Crippen LogP contribution >= 0.6 is 0 Å². The summed E-state index contributed by atoms with van der Waals surface area (Å²) in [7, 11) is 0. The van der Waals surface area contributed by atoms with Crippen molar-refractivity contribution in [1.82, 2.24) is 0 Å². The zero-order chi connectivity index (χ0) is 6.27. The fraction of sp³-hybridized carbons (Fsp3) is 0.750. The van der Waals surface area contributed by atoms with E-state index in [1.807, 2.05) is 0 Å². The Balaban J connectivity index is 2.06. The van der Waals surface area contributed by atoms with Crippen LogP contribution in [0.5, 0.6) is 0 Å². The lowest BCUT2D eigenvalue weighted by molar-refractivity contribution is 0.328. The highest BCUT2D eigenvalue weighted by Gasteiger charge is 2.35. The van der Waals surface area contributed by atoms with E-state index in [0.29, 0.717) is 0 Å². The van der Waals surface area contributed by atoms with E-state index in [0.717, 1.165) is 18.4 Å². The summed E-state index contributed by atoms with van der Waals surface area (Å²) in [5, 5.41) is 0. The van der Waals surface area contributed by atoms with Crippen LogP contribution in [0.4, 0.5) is 0 Å². The topological polar surface area (TPSA) is 26.0 Å². The zero-order valence-electron chi connectivity index (χ0n) is 5.64. The first-order chi connectivity index (χ1) is 4.42. The molecule has 50 valence electrons. The second-order valence-electron chi connectivity index (χ2n) is 3.15. The molecule has 0 aromatic carbocycles. The first kappa shape index (κ1) is 5.48. The van der Waals surface area contributed by atoms with Crippen LogP contribution in [0.2, 0.25) is 0 Å². The van der Waals surface area contributed by atoms with E-state index in [-0.39, 0.29) is 0 Å². The summed E-state index contributed by atoms with van der Waals surface area (Å²) in [6, 6.07) is 0. The molecule has 0 radical (unpaired) electrons. The van der Waals surface area contributed by atoms with Crippen LogP contribution < -0.4 is 5.73 Å². The molecule has 2 aliphatic rings. The highest BCUT2D eigenvalue weighted by molar-refractivity contribution is 5.24. The molecule has 1 nitrogen and oxygen atoms in total. The Kier molecular flexibility index (Phi) is 1.12. The molecule has 2 N–H and O–H groups in total. The van der Waals surface area contributed by atoms with Gasteiger partial charge >= 0.3 is 0 Å². The van der Waals surface area contributed by atoms with Gasteiger partial charge in [-0.25, -0.2) is 0 Å². The fourth-order valence-electron chi connectivity index (χ4n) is 2.09. The van der Waals surface area contributed by atoms with E-state index < -0.39 is 0 Å². The highest BCUT2D eigenvalue weighted by atomic mass is 14.6. The minimum absolute atomic E-state index is 0.775. The van der Waals surface area contributed by atoms with Crippen LogP contribution in [-0.2, 0) is 0 Å². The van der Waals surface area contributed by atoms with Gasteiger partial charge in [0.05, 0.1) is 0 Å². The van der Waals surface area contributed by atoms with E-state index in [1.165, 1.54) is 19.3 Å². The molecule has 0 aliphatic heterocycles. The molecule has 2 unspecified atom stereocenters. The van der Waals surface area contributed by atoms with Gasteiger partial charge in [0, 0.05) is 0 Å². The van der Waals surface area contributed by atoms with Gasteiger partial charge in [-0.1, -0.05) is 11.6 Å². The van der Waals surface area contributed by atoms with Crippen LogP contribution in [0.1, 0.15) is 19.3 Å². The maximum atomic E-state index is 5.55. The van der Waals surface area contributed by atoms with E-state index >= 15 is 0 Å². The molecule has 0 saturated heterocycles. The molecular weight excluding hydrogens is 110 g/mol. The van der Waals surface area contributed by atoms with Crippen molar-refractivity contribution in [3.8, 4) is 0 Å². The first-order valence-electron chi connectivity index (χ1n) is 3.82. The summed E-state index contributed by atoms with van der Waals surface area (Å²) in [5.41, 5.74) is 7.23. The smallest absolute Gasteiger partial charge is 0.00112 e. The predicted molar refractivity (Wildman–Crippen MR) is 38.0 cm³/mol. The number of nitrogens with two attached hydrogens (primary N) is 1. The van der Waals surface area contributed by atoms with Crippen molar-refractivity contribution in [2.75, 3.05) is 6.54 Å². The van der Waals surface area contributed by atoms with Crippen molar-refractivity contribution < 1.29 is 0 Å². The maximum Gasteiger partial charge on any atom is -0.00112 e. The molecule has 1 heteroatoms. The monoisotopic (exact) mass is 123 g/mol. The normalized spacial score (nSPS) is 39.4. The van der Waals surface area contributed by atoms with Gasteiger partial charge in [0.15, 0.2) is 0 Å². The van der Waals surface area contributed by atoms with E-state index in [4.69, 9.17) is 5.73 Å². The maximum absolute atomic E-state index is 5.55. The third-order valence-electron chi connectivity index (χ3n) is 2.69. The van der Waals surface area contributed by atoms with Crippen LogP contribution in [-0.4, -0.2) is 6.54 Å². The number of fused-ring (bicyclic) bond motifs is 1. The quantitative estimate of drug-likeness (QED) is 0.522. The average molecular weight is 123 g/mol. The molecule has 1 saturated carbocycles. The molecule has 0 aromatic rings. The number of hydrogen-bond acceptors (Lipinski definition) is 1. The van der Waals surface area contributed by atoms with Crippen LogP contribution in [0.15, 0.2) is 11.6 Å². The zero-order valence-corrected chi connectivity index (χ0v) is 5.64. The van der Waals surface area contributed by atoms with E-state index in [1.54, 1.807) is 5.57 Å². The van der Waals surface area contributed by atoms with Gasteiger partial charge in [0.2, 0.25) is 0 Å². The van der Waals surface area contributed by atoms with Gasteiger partial charge < -0.3 is 5.73 Å². The Labute approximate surface area is 55.9 Å². The Morgan fingerprint density at radius 2 is 2.56 bits per heavy atom. The van der Waals surface area contributed by atoms with Crippen LogP contribution in [0.3, 0.4) is 0 Å². The third-order valence-corrected chi connectivity index (χ3v) is 2.69. The average Bonchev–Trinajstić information content (AvgIpc) is 2.14. The molecule has 1 fully saturated rings. The molecule has 2 rings (SSSR count). The Morgan fingerprint density at radius 1 is 1.67 bits per heavy atom. The first-order valence-corrected chi connectivity index (χ1v) is 3.82. The Morgan fingerprint density at radius 3 is 3.22 bits per heavy atom. The van der Waals surface area contributed by atoms with Crippen molar-refractivity contribution in [3.63, 3.8) is 0 Å². The van der Waals surface area contributed by atoms with Crippen molar-refractivity contribution in [2.45, 2.75) is 19.3 Å². The fourth-order valence-corrected chi connectivity index (χ4v) is 2.09. The van der Waals surface area contributed by atoms with Crippen LogP contribution in [0.25, 0.3) is 0 Å². The predicted octanol–water partition coefficient (Wildman–Crippen LogP) is 1.30. The SMILES string of the molecule is NCC1CC2CCC=C12. The second kappa shape index (κ2) is 1.84. The van der Waals surface area contributed by atoms with E-state index in [2.05, 4.69) is 6.08 Å². The number of allylic oxidation sites excluding steroid dienone is 1. The Bertz CT molecular complexity index is 149. The standard InChI is InChI=1S/C8H13N/c9-5-7-4-6-2-1-3-8(6)7/h3,6-7H,1-2,4-5,9H2. The third kappa shape index (κ3) is 0.645. The van der Waals surface area contributed by atoms with Gasteiger partial charge in [-0.05, 0) is 37.6 Å².